The van der Waals surface area contributed by atoms with Crippen molar-refractivity contribution in [3.8, 4) is 0 Å². The molecule has 1 aromatic carbocycles. The van der Waals surface area contributed by atoms with E-state index in [2.05, 4.69) is 4.74 Å². The Bertz CT molecular complexity index is 467. The van der Waals surface area contributed by atoms with Crippen molar-refractivity contribution in [1.29, 1.82) is 0 Å². The summed E-state index contributed by atoms with van der Waals surface area (Å²) in [5.41, 5.74) is -1.20. The van der Waals surface area contributed by atoms with Crippen LogP contribution in [0.15, 0.2) is 6.08 Å². The molecule has 0 saturated heterocycles. The van der Waals surface area contributed by atoms with Gasteiger partial charge in [-0.2, -0.15) is 0 Å². The Balaban J connectivity index is 3.35. The van der Waals surface area contributed by atoms with E-state index in [1.807, 2.05) is 0 Å². The lowest BCUT2D eigenvalue weighted by molar-refractivity contribution is -0.134. The topological polar surface area (TPSA) is 26.3 Å². The minimum absolute atomic E-state index is 0.447. The Labute approximate surface area is 92.3 Å². The number of rotatable bonds is 2. The first-order valence-corrected chi connectivity index (χ1v) is 4.17. The van der Waals surface area contributed by atoms with E-state index in [-0.39, 0.29) is 0 Å². The third-order valence-corrected chi connectivity index (χ3v) is 1.83. The zero-order chi connectivity index (χ0) is 13.2. The van der Waals surface area contributed by atoms with E-state index in [0.717, 1.165) is 7.11 Å². The number of hydrogen-bond donors (Lipinski definition) is 0. The molecule has 2 nitrogen and oxygen atoms in total. The van der Waals surface area contributed by atoms with Gasteiger partial charge in [-0.05, 0) is 6.08 Å². The molecule has 0 aliphatic rings. The average molecular weight is 252 g/mol. The van der Waals surface area contributed by atoms with Crippen LogP contribution < -0.4 is 0 Å². The molecule has 0 heterocycles. The van der Waals surface area contributed by atoms with E-state index in [4.69, 9.17) is 0 Å². The number of halogens is 5. The first kappa shape index (κ1) is 13.1. The summed E-state index contributed by atoms with van der Waals surface area (Å²) in [6.45, 7) is 0. The Morgan fingerprint density at radius 1 is 0.941 bits per heavy atom. The van der Waals surface area contributed by atoms with Crippen molar-refractivity contribution in [2.45, 2.75) is 0 Å². The van der Waals surface area contributed by atoms with Gasteiger partial charge in [-0.25, -0.2) is 26.7 Å². The van der Waals surface area contributed by atoms with Gasteiger partial charge in [-0.15, -0.1) is 0 Å². The molecule has 0 bridgehead atoms. The third-order valence-electron chi connectivity index (χ3n) is 1.83. The summed E-state index contributed by atoms with van der Waals surface area (Å²) in [6, 6.07) is 0. The minimum Gasteiger partial charge on any atom is -0.466 e. The predicted octanol–water partition coefficient (Wildman–Crippen LogP) is 2.57. The number of esters is 1. The van der Waals surface area contributed by atoms with E-state index >= 15 is 0 Å². The predicted molar refractivity (Wildman–Crippen MR) is 47.3 cm³/mol. The van der Waals surface area contributed by atoms with Crippen molar-refractivity contribution < 1.29 is 31.5 Å². The molecule has 1 rings (SSSR count). The van der Waals surface area contributed by atoms with Crippen LogP contribution in [-0.4, -0.2) is 13.1 Å². The normalized spacial score (nSPS) is 10.9. The van der Waals surface area contributed by atoms with Crippen molar-refractivity contribution in [3.63, 3.8) is 0 Å². The second kappa shape index (κ2) is 4.94. The third kappa shape index (κ3) is 2.43. The summed E-state index contributed by atoms with van der Waals surface area (Å²) in [5.74, 6) is -11.4. The molecule has 0 radical (unpaired) electrons. The van der Waals surface area contributed by atoms with Gasteiger partial charge >= 0.3 is 5.97 Å². The molecule has 0 aromatic heterocycles. The summed E-state index contributed by atoms with van der Waals surface area (Å²) < 4.78 is 68.2. The first-order chi connectivity index (χ1) is 7.90. The van der Waals surface area contributed by atoms with Crippen LogP contribution in [-0.2, 0) is 9.53 Å². The van der Waals surface area contributed by atoms with Crippen molar-refractivity contribution in [1.82, 2.24) is 0 Å². The first-order valence-electron chi connectivity index (χ1n) is 4.17. The fraction of sp³-hybridized carbons (Fsp3) is 0.100. The molecule has 0 spiro atoms. The van der Waals surface area contributed by atoms with Crippen molar-refractivity contribution >= 4 is 12.0 Å². The molecular formula is C10H5F5O2. The van der Waals surface area contributed by atoms with Gasteiger partial charge in [0.25, 0.3) is 0 Å². The van der Waals surface area contributed by atoms with E-state index in [0.29, 0.717) is 12.2 Å². The highest BCUT2D eigenvalue weighted by Gasteiger charge is 2.24. The largest absolute Gasteiger partial charge is 0.466 e. The second-order valence-electron chi connectivity index (χ2n) is 2.84. The SMILES string of the molecule is COC(=O)C=Cc1c(F)c(F)c(F)c(F)c1F. The highest BCUT2D eigenvalue weighted by molar-refractivity contribution is 5.87. The van der Waals surface area contributed by atoms with Gasteiger partial charge in [0, 0.05) is 6.08 Å². The Hall–Kier alpha value is -1.92. The number of carbonyl (C=O) groups excluding carboxylic acids is 1. The lowest BCUT2D eigenvalue weighted by atomic mass is 10.1. The molecule has 92 valence electrons. The molecule has 0 aliphatic heterocycles. The van der Waals surface area contributed by atoms with Crippen LogP contribution in [0.5, 0.6) is 0 Å². The van der Waals surface area contributed by atoms with Gasteiger partial charge in [0.15, 0.2) is 23.3 Å². The molecule has 1 aromatic rings. The molecule has 0 atom stereocenters. The maximum Gasteiger partial charge on any atom is 0.330 e. The van der Waals surface area contributed by atoms with E-state index in [9.17, 15) is 26.7 Å². The van der Waals surface area contributed by atoms with Gasteiger partial charge < -0.3 is 4.74 Å². The monoisotopic (exact) mass is 252 g/mol. The quantitative estimate of drug-likeness (QED) is 0.266. The Morgan fingerprint density at radius 3 is 1.76 bits per heavy atom. The van der Waals surface area contributed by atoms with Crippen molar-refractivity contribution in [2.75, 3.05) is 7.11 Å². The molecule has 0 N–H and O–H groups in total. The van der Waals surface area contributed by atoms with Crippen LogP contribution in [0.25, 0.3) is 6.08 Å². The van der Waals surface area contributed by atoms with E-state index < -0.39 is 40.6 Å². The highest BCUT2D eigenvalue weighted by atomic mass is 19.2. The number of hydrogen-bond acceptors (Lipinski definition) is 2. The zero-order valence-corrected chi connectivity index (χ0v) is 8.36. The van der Waals surface area contributed by atoms with Crippen LogP contribution in [0.3, 0.4) is 0 Å². The van der Waals surface area contributed by atoms with Crippen LogP contribution in [0, 0.1) is 29.1 Å². The molecule has 0 aliphatic carbocycles. The molecule has 0 unspecified atom stereocenters. The van der Waals surface area contributed by atoms with Crippen molar-refractivity contribution in [3.05, 3.63) is 40.7 Å². The molecule has 0 amide bonds. The van der Waals surface area contributed by atoms with E-state index in [1.165, 1.54) is 0 Å². The van der Waals surface area contributed by atoms with Crippen LogP contribution in [0.4, 0.5) is 22.0 Å². The zero-order valence-electron chi connectivity index (χ0n) is 8.36. The lowest BCUT2D eigenvalue weighted by Crippen LogP contribution is -2.04. The fourth-order valence-electron chi connectivity index (χ4n) is 0.988. The number of carbonyl (C=O) groups is 1. The summed E-state index contributed by atoms with van der Waals surface area (Å²) in [7, 11) is 0.991. The summed E-state index contributed by atoms with van der Waals surface area (Å²) in [5, 5.41) is 0. The number of methoxy groups -OCH3 is 1. The minimum atomic E-state index is -2.25. The van der Waals surface area contributed by atoms with Gasteiger partial charge in [-0.1, -0.05) is 0 Å². The fourth-order valence-corrected chi connectivity index (χ4v) is 0.988. The second-order valence-corrected chi connectivity index (χ2v) is 2.84. The maximum absolute atomic E-state index is 13.0. The Kier molecular flexibility index (Phi) is 3.82. The summed E-state index contributed by atoms with van der Waals surface area (Å²) in [4.78, 5) is 10.6. The average Bonchev–Trinajstić information content (AvgIpc) is 2.33. The molecule has 0 saturated carbocycles. The van der Waals surface area contributed by atoms with Gasteiger partial charge in [0.2, 0.25) is 5.82 Å². The molecular weight excluding hydrogens is 247 g/mol. The van der Waals surface area contributed by atoms with Crippen LogP contribution >= 0.6 is 0 Å². The van der Waals surface area contributed by atoms with Crippen molar-refractivity contribution in [2.24, 2.45) is 0 Å². The smallest absolute Gasteiger partial charge is 0.330 e. The van der Waals surface area contributed by atoms with Crippen LogP contribution in [0.2, 0.25) is 0 Å². The molecule has 0 fully saturated rings. The summed E-state index contributed by atoms with van der Waals surface area (Å²) >= 11 is 0. The lowest BCUT2D eigenvalue weighted by Gasteiger charge is -2.03. The van der Waals surface area contributed by atoms with Gasteiger partial charge in [0.1, 0.15) is 0 Å². The maximum atomic E-state index is 13.0. The molecule has 17 heavy (non-hydrogen) atoms. The van der Waals surface area contributed by atoms with Gasteiger partial charge in [-0.3, -0.25) is 0 Å². The summed E-state index contributed by atoms with van der Waals surface area (Å²) in [6.07, 6.45) is 0.986. The Morgan fingerprint density at radius 2 is 1.35 bits per heavy atom. The number of benzene rings is 1. The molecule has 7 heteroatoms. The highest BCUT2D eigenvalue weighted by Crippen LogP contribution is 2.23. The van der Waals surface area contributed by atoms with Crippen LogP contribution in [0.1, 0.15) is 5.56 Å². The van der Waals surface area contributed by atoms with Gasteiger partial charge in [0.05, 0.1) is 12.7 Å². The standard InChI is InChI=1S/C10H5F5O2/c1-17-5(16)3-2-4-6(11)8(13)10(15)9(14)7(4)12/h2-3H,1H3. The van der Waals surface area contributed by atoms with E-state index in [1.54, 1.807) is 0 Å². The number of ether oxygens (including phenoxy) is 1.